The third kappa shape index (κ3) is 3.65. The highest BCUT2D eigenvalue weighted by Crippen LogP contribution is 2.22. The Morgan fingerprint density at radius 2 is 2.24 bits per heavy atom. The van der Waals surface area contributed by atoms with E-state index in [4.69, 9.17) is 9.84 Å². The Balaban J connectivity index is 2.72. The molecule has 6 nitrogen and oxygen atoms in total. The molecule has 1 fully saturated rings. The normalized spacial score (nSPS) is 23.8. The van der Waals surface area contributed by atoms with Crippen molar-refractivity contribution in [3.63, 3.8) is 0 Å². The molecule has 0 amide bonds. The summed E-state index contributed by atoms with van der Waals surface area (Å²) in [6, 6.07) is -0.894. The Morgan fingerprint density at radius 1 is 1.59 bits per heavy atom. The first kappa shape index (κ1) is 14.4. The Bertz CT molecular complexity index is 367. The average Bonchev–Trinajstić information content (AvgIpc) is 2.65. The number of methoxy groups -OCH3 is 1. The summed E-state index contributed by atoms with van der Waals surface area (Å²) >= 11 is 0. The van der Waals surface area contributed by atoms with E-state index in [1.807, 2.05) is 0 Å². The summed E-state index contributed by atoms with van der Waals surface area (Å²) in [5, 5.41) is 8.95. The van der Waals surface area contributed by atoms with E-state index in [9.17, 15) is 13.2 Å². The Kier molecular flexibility index (Phi) is 4.91. The van der Waals surface area contributed by atoms with Crippen LogP contribution in [0, 0.1) is 5.92 Å². The van der Waals surface area contributed by atoms with Crippen LogP contribution in [0.4, 0.5) is 0 Å². The molecule has 1 aliphatic rings. The molecular weight excluding hydrogens is 246 g/mol. The fourth-order valence-electron chi connectivity index (χ4n) is 2.11. The Hall–Kier alpha value is -0.660. The molecule has 0 spiro atoms. The molecule has 1 saturated heterocycles. The zero-order valence-corrected chi connectivity index (χ0v) is 10.9. The van der Waals surface area contributed by atoms with Crippen LogP contribution in [-0.2, 0) is 19.6 Å². The van der Waals surface area contributed by atoms with Crippen LogP contribution in [-0.4, -0.2) is 55.9 Å². The number of hydrogen-bond donors (Lipinski definition) is 1. The highest BCUT2D eigenvalue weighted by atomic mass is 32.2. The van der Waals surface area contributed by atoms with Crippen molar-refractivity contribution in [2.45, 2.75) is 25.8 Å². The van der Waals surface area contributed by atoms with Gasteiger partial charge < -0.3 is 9.84 Å². The minimum atomic E-state index is -3.50. The van der Waals surface area contributed by atoms with Crippen molar-refractivity contribution < 1.29 is 23.1 Å². The fraction of sp³-hybridized carbons (Fsp3) is 0.900. The molecule has 0 aliphatic carbocycles. The topological polar surface area (TPSA) is 83.9 Å². The fourth-order valence-corrected chi connectivity index (χ4v) is 4.11. The van der Waals surface area contributed by atoms with Crippen molar-refractivity contribution in [2.75, 3.05) is 26.0 Å². The first-order chi connectivity index (χ1) is 7.88. The van der Waals surface area contributed by atoms with E-state index in [2.05, 4.69) is 0 Å². The predicted octanol–water partition coefficient (Wildman–Crippen LogP) is 0.148. The predicted molar refractivity (Wildman–Crippen MR) is 62.2 cm³/mol. The molecule has 1 rings (SSSR count). The quantitative estimate of drug-likeness (QED) is 0.739. The van der Waals surface area contributed by atoms with Gasteiger partial charge in [-0.3, -0.25) is 4.79 Å². The number of ether oxygens (including phenoxy) is 1. The summed E-state index contributed by atoms with van der Waals surface area (Å²) in [5.74, 6) is -1.27. The summed E-state index contributed by atoms with van der Waals surface area (Å²) < 4.78 is 30.1. The van der Waals surface area contributed by atoms with Crippen LogP contribution < -0.4 is 0 Å². The van der Waals surface area contributed by atoms with Crippen LogP contribution in [0.15, 0.2) is 0 Å². The van der Waals surface area contributed by atoms with Gasteiger partial charge in [-0.1, -0.05) is 6.92 Å². The van der Waals surface area contributed by atoms with Gasteiger partial charge in [0.05, 0.1) is 5.75 Å². The van der Waals surface area contributed by atoms with Gasteiger partial charge in [-0.2, -0.15) is 4.31 Å². The van der Waals surface area contributed by atoms with Gasteiger partial charge in [0.1, 0.15) is 6.04 Å². The van der Waals surface area contributed by atoms with Crippen LogP contribution >= 0.6 is 0 Å². The van der Waals surface area contributed by atoms with Gasteiger partial charge in [-0.15, -0.1) is 0 Å². The van der Waals surface area contributed by atoms with E-state index >= 15 is 0 Å². The number of nitrogens with zero attached hydrogens (tertiary/aromatic N) is 1. The second-order valence-electron chi connectivity index (χ2n) is 4.45. The molecule has 17 heavy (non-hydrogen) atoms. The molecular formula is C10H19NO5S. The smallest absolute Gasteiger partial charge is 0.322 e. The van der Waals surface area contributed by atoms with E-state index in [0.29, 0.717) is 26.0 Å². The van der Waals surface area contributed by atoms with Gasteiger partial charge in [-0.05, 0) is 18.8 Å². The number of aliphatic carboxylic acids is 1. The lowest BCUT2D eigenvalue weighted by atomic mass is 10.2. The van der Waals surface area contributed by atoms with Crippen molar-refractivity contribution in [1.29, 1.82) is 0 Å². The maximum Gasteiger partial charge on any atom is 0.322 e. The van der Waals surface area contributed by atoms with Crippen molar-refractivity contribution >= 4 is 16.0 Å². The molecule has 0 radical (unpaired) electrons. The van der Waals surface area contributed by atoms with Crippen LogP contribution in [0.3, 0.4) is 0 Å². The Morgan fingerprint density at radius 3 is 2.76 bits per heavy atom. The van der Waals surface area contributed by atoms with E-state index < -0.39 is 22.0 Å². The first-order valence-electron chi connectivity index (χ1n) is 5.59. The molecule has 0 aromatic heterocycles. The summed E-state index contributed by atoms with van der Waals surface area (Å²) in [6.07, 6.45) is 1.00. The lowest BCUT2D eigenvalue weighted by molar-refractivity contribution is -0.140. The highest BCUT2D eigenvalue weighted by Gasteiger charge is 2.38. The molecule has 0 saturated carbocycles. The highest BCUT2D eigenvalue weighted by molar-refractivity contribution is 7.89. The van der Waals surface area contributed by atoms with Crippen LogP contribution in [0.1, 0.15) is 19.8 Å². The second kappa shape index (κ2) is 5.79. The van der Waals surface area contributed by atoms with Gasteiger partial charge in [0.25, 0.3) is 0 Å². The largest absolute Gasteiger partial charge is 0.480 e. The van der Waals surface area contributed by atoms with Crippen molar-refractivity contribution in [3.8, 4) is 0 Å². The summed E-state index contributed by atoms with van der Waals surface area (Å²) in [7, 11) is -1.99. The van der Waals surface area contributed by atoms with Crippen molar-refractivity contribution in [3.05, 3.63) is 0 Å². The number of carbonyl (C=O) groups is 1. The molecule has 7 heteroatoms. The van der Waals surface area contributed by atoms with E-state index in [1.165, 1.54) is 7.11 Å². The summed E-state index contributed by atoms with van der Waals surface area (Å²) in [6.45, 7) is 2.43. The first-order valence-corrected chi connectivity index (χ1v) is 7.20. The standard InChI is InChI=1S/C10H19NO5S/c1-8(6-16-2)7-17(14,15)11-5-3-4-9(11)10(12)13/h8-9H,3-7H2,1-2H3,(H,12,13). The van der Waals surface area contributed by atoms with Crippen molar-refractivity contribution in [1.82, 2.24) is 4.31 Å². The minimum Gasteiger partial charge on any atom is -0.480 e. The molecule has 0 aromatic carbocycles. The average molecular weight is 265 g/mol. The molecule has 1 aliphatic heterocycles. The number of carboxylic acid groups (broad SMARTS) is 1. The zero-order valence-electron chi connectivity index (χ0n) is 10.1. The third-order valence-corrected chi connectivity index (χ3v) is 4.93. The zero-order chi connectivity index (χ0) is 13.1. The van der Waals surface area contributed by atoms with E-state index in [0.717, 1.165) is 4.31 Å². The molecule has 2 unspecified atom stereocenters. The Labute approximate surface area is 102 Å². The second-order valence-corrected chi connectivity index (χ2v) is 6.41. The summed E-state index contributed by atoms with van der Waals surface area (Å²) in [4.78, 5) is 10.9. The van der Waals surface area contributed by atoms with Crippen LogP contribution in [0.25, 0.3) is 0 Å². The molecule has 0 aromatic rings. The van der Waals surface area contributed by atoms with Crippen molar-refractivity contribution in [2.24, 2.45) is 5.92 Å². The minimum absolute atomic E-state index is 0.0649. The molecule has 1 N–H and O–H groups in total. The maximum atomic E-state index is 12.0. The van der Waals surface area contributed by atoms with Gasteiger partial charge in [0, 0.05) is 20.3 Å². The molecule has 2 atom stereocenters. The summed E-state index contributed by atoms with van der Waals surface area (Å²) in [5.41, 5.74) is 0. The third-order valence-electron chi connectivity index (χ3n) is 2.79. The SMILES string of the molecule is COCC(C)CS(=O)(=O)N1CCCC1C(=O)O. The van der Waals surface area contributed by atoms with E-state index in [-0.39, 0.29) is 11.7 Å². The lowest BCUT2D eigenvalue weighted by Crippen LogP contribution is -2.42. The van der Waals surface area contributed by atoms with Crippen LogP contribution in [0.2, 0.25) is 0 Å². The molecule has 1 heterocycles. The van der Waals surface area contributed by atoms with Gasteiger partial charge >= 0.3 is 5.97 Å². The maximum absolute atomic E-state index is 12.0. The number of sulfonamides is 1. The number of hydrogen-bond acceptors (Lipinski definition) is 4. The van der Waals surface area contributed by atoms with Gasteiger partial charge in [-0.25, -0.2) is 8.42 Å². The van der Waals surface area contributed by atoms with Crippen LogP contribution in [0.5, 0.6) is 0 Å². The lowest BCUT2D eigenvalue weighted by Gasteiger charge is -2.22. The molecule has 0 bridgehead atoms. The van der Waals surface area contributed by atoms with Gasteiger partial charge in [0.15, 0.2) is 0 Å². The number of carboxylic acids is 1. The van der Waals surface area contributed by atoms with E-state index in [1.54, 1.807) is 6.92 Å². The monoisotopic (exact) mass is 265 g/mol. The molecule has 100 valence electrons. The van der Waals surface area contributed by atoms with Gasteiger partial charge in [0.2, 0.25) is 10.0 Å². The number of rotatable bonds is 6.